The van der Waals surface area contributed by atoms with Crippen LogP contribution < -0.4 is 20.1 Å². The van der Waals surface area contributed by atoms with E-state index in [4.69, 9.17) is 21.7 Å². The molecule has 118 valence electrons. The number of anilines is 1. The normalized spacial score (nSPS) is 11.8. The topological polar surface area (TPSA) is 85.7 Å². The standard InChI is InChI=1S/C15H13N3O4S/c19-18(20)12-3-1-2-11(7-12)17-15(23)16-8-10-4-5-13-14(6-10)22-9-21-13/h1-7H,8-9H2,(H2,16,17,23). The summed E-state index contributed by atoms with van der Waals surface area (Å²) in [6.45, 7) is 0.733. The number of ether oxygens (including phenoxy) is 2. The highest BCUT2D eigenvalue weighted by atomic mass is 32.1. The van der Waals surface area contributed by atoms with Gasteiger partial charge in [-0.2, -0.15) is 0 Å². The minimum absolute atomic E-state index is 0.00794. The van der Waals surface area contributed by atoms with Crippen LogP contribution in [0.15, 0.2) is 42.5 Å². The number of thiocarbonyl (C=S) groups is 1. The minimum Gasteiger partial charge on any atom is -0.454 e. The average Bonchev–Trinajstić information content (AvgIpc) is 3.01. The fourth-order valence-electron chi connectivity index (χ4n) is 2.11. The molecule has 0 bridgehead atoms. The zero-order chi connectivity index (χ0) is 16.2. The monoisotopic (exact) mass is 331 g/mol. The van der Waals surface area contributed by atoms with Crippen molar-refractivity contribution >= 4 is 28.7 Å². The van der Waals surface area contributed by atoms with Crippen LogP contribution in [-0.2, 0) is 6.54 Å². The number of nitro groups is 1. The zero-order valence-electron chi connectivity index (χ0n) is 11.9. The summed E-state index contributed by atoms with van der Waals surface area (Å²) in [6.07, 6.45) is 0. The van der Waals surface area contributed by atoms with E-state index >= 15 is 0 Å². The van der Waals surface area contributed by atoms with Gasteiger partial charge in [0.15, 0.2) is 16.6 Å². The van der Waals surface area contributed by atoms with Gasteiger partial charge >= 0.3 is 0 Å². The molecule has 2 aromatic rings. The summed E-state index contributed by atoms with van der Waals surface area (Å²) in [5.41, 5.74) is 1.55. The van der Waals surface area contributed by atoms with E-state index in [9.17, 15) is 10.1 Å². The van der Waals surface area contributed by atoms with Gasteiger partial charge in [0, 0.05) is 24.4 Å². The number of nitrogens with zero attached hydrogens (tertiary/aromatic N) is 1. The summed E-state index contributed by atoms with van der Waals surface area (Å²) < 4.78 is 10.6. The summed E-state index contributed by atoms with van der Waals surface area (Å²) in [5, 5.41) is 17.1. The summed E-state index contributed by atoms with van der Waals surface area (Å²) in [6, 6.07) is 11.8. The van der Waals surface area contributed by atoms with Crippen LogP contribution in [0.4, 0.5) is 11.4 Å². The second-order valence-electron chi connectivity index (χ2n) is 4.80. The molecule has 0 atom stereocenters. The number of fused-ring (bicyclic) bond motifs is 1. The maximum absolute atomic E-state index is 10.7. The number of non-ortho nitro benzene ring substituents is 1. The summed E-state index contributed by atoms with van der Waals surface area (Å²) in [7, 11) is 0. The Morgan fingerprint density at radius 1 is 1.22 bits per heavy atom. The second kappa shape index (κ2) is 6.49. The second-order valence-corrected chi connectivity index (χ2v) is 5.21. The minimum atomic E-state index is -0.450. The Morgan fingerprint density at radius 2 is 2.04 bits per heavy atom. The lowest BCUT2D eigenvalue weighted by molar-refractivity contribution is -0.384. The molecule has 0 saturated carbocycles. The van der Waals surface area contributed by atoms with E-state index in [1.165, 1.54) is 12.1 Å². The summed E-state index contributed by atoms with van der Waals surface area (Å²) in [5.74, 6) is 1.44. The molecule has 0 amide bonds. The van der Waals surface area contributed by atoms with Crippen LogP contribution in [-0.4, -0.2) is 16.8 Å². The molecule has 0 aliphatic carbocycles. The third-order valence-electron chi connectivity index (χ3n) is 3.20. The van der Waals surface area contributed by atoms with Crippen LogP contribution in [0.3, 0.4) is 0 Å². The highest BCUT2D eigenvalue weighted by Gasteiger charge is 2.13. The van der Waals surface area contributed by atoms with Crippen molar-refractivity contribution in [1.82, 2.24) is 5.32 Å². The van der Waals surface area contributed by atoms with Crippen molar-refractivity contribution in [2.45, 2.75) is 6.54 Å². The SMILES string of the molecule is O=[N+]([O-])c1cccc(NC(=S)NCc2ccc3c(c2)OCO3)c1. The number of benzene rings is 2. The molecule has 0 spiro atoms. The van der Waals surface area contributed by atoms with E-state index in [1.807, 2.05) is 18.2 Å². The fraction of sp³-hybridized carbons (Fsp3) is 0.133. The molecule has 8 heteroatoms. The lowest BCUT2D eigenvalue weighted by atomic mass is 10.2. The quantitative estimate of drug-likeness (QED) is 0.506. The van der Waals surface area contributed by atoms with E-state index in [2.05, 4.69) is 10.6 Å². The van der Waals surface area contributed by atoms with Crippen molar-refractivity contribution in [3.8, 4) is 11.5 Å². The fourth-order valence-corrected chi connectivity index (χ4v) is 2.30. The van der Waals surface area contributed by atoms with Crippen molar-refractivity contribution in [1.29, 1.82) is 0 Å². The number of nitro benzene ring substituents is 1. The maximum Gasteiger partial charge on any atom is 0.271 e. The van der Waals surface area contributed by atoms with Gasteiger partial charge in [-0.3, -0.25) is 10.1 Å². The van der Waals surface area contributed by atoms with E-state index < -0.39 is 4.92 Å². The van der Waals surface area contributed by atoms with Gasteiger partial charge in [0.2, 0.25) is 6.79 Å². The molecule has 0 radical (unpaired) electrons. The lowest BCUT2D eigenvalue weighted by Gasteiger charge is -2.10. The first-order chi connectivity index (χ1) is 11.1. The van der Waals surface area contributed by atoms with Gasteiger partial charge in [0.1, 0.15) is 0 Å². The van der Waals surface area contributed by atoms with Crippen molar-refractivity contribution in [2.75, 3.05) is 12.1 Å². The highest BCUT2D eigenvalue weighted by Crippen LogP contribution is 2.32. The van der Waals surface area contributed by atoms with Gasteiger partial charge in [-0.25, -0.2) is 0 Å². The van der Waals surface area contributed by atoms with Crippen molar-refractivity contribution in [3.63, 3.8) is 0 Å². The van der Waals surface area contributed by atoms with E-state index in [1.54, 1.807) is 12.1 Å². The van der Waals surface area contributed by atoms with Gasteiger partial charge in [0.25, 0.3) is 5.69 Å². The molecule has 0 saturated heterocycles. The Balaban J connectivity index is 1.57. The van der Waals surface area contributed by atoms with Crippen LogP contribution in [0, 0.1) is 10.1 Å². The third-order valence-corrected chi connectivity index (χ3v) is 3.45. The van der Waals surface area contributed by atoms with E-state index in [-0.39, 0.29) is 12.5 Å². The molecule has 1 aliphatic rings. The summed E-state index contributed by atoms with van der Waals surface area (Å²) in [4.78, 5) is 10.3. The Kier molecular flexibility index (Phi) is 4.24. The molecule has 0 unspecified atom stereocenters. The largest absolute Gasteiger partial charge is 0.454 e. The predicted octanol–water partition coefficient (Wildman–Crippen LogP) is 2.81. The Labute approximate surface area is 137 Å². The van der Waals surface area contributed by atoms with Crippen LogP contribution in [0.2, 0.25) is 0 Å². The van der Waals surface area contributed by atoms with Gasteiger partial charge in [-0.05, 0) is 36.0 Å². The van der Waals surface area contributed by atoms with Gasteiger partial charge < -0.3 is 20.1 Å². The van der Waals surface area contributed by atoms with Crippen molar-refractivity contribution < 1.29 is 14.4 Å². The molecule has 1 heterocycles. The highest BCUT2D eigenvalue weighted by molar-refractivity contribution is 7.80. The number of nitrogens with one attached hydrogen (secondary N) is 2. The summed E-state index contributed by atoms with van der Waals surface area (Å²) >= 11 is 5.20. The average molecular weight is 331 g/mol. The molecule has 2 N–H and O–H groups in total. The van der Waals surface area contributed by atoms with E-state index in [0.29, 0.717) is 23.1 Å². The van der Waals surface area contributed by atoms with Crippen molar-refractivity contribution in [2.24, 2.45) is 0 Å². The molecule has 0 aromatic heterocycles. The number of hydrogen-bond acceptors (Lipinski definition) is 5. The predicted molar refractivity (Wildman–Crippen MR) is 88.7 cm³/mol. The molecule has 3 rings (SSSR count). The molecular weight excluding hydrogens is 318 g/mol. The van der Waals surface area contributed by atoms with Gasteiger partial charge in [-0.15, -0.1) is 0 Å². The lowest BCUT2D eigenvalue weighted by Crippen LogP contribution is -2.27. The van der Waals surface area contributed by atoms with Crippen LogP contribution in [0.1, 0.15) is 5.56 Å². The smallest absolute Gasteiger partial charge is 0.271 e. The molecule has 1 aliphatic heterocycles. The van der Waals surface area contributed by atoms with Gasteiger partial charge in [0.05, 0.1) is 4.92 Å². The molecule has 0 fully saturated rings. The first kappa shape index (κ1) is 15.0. The third kappa shape index (κ3) is 3.67. The number of hydrogen-bond donors (Lipinski definition) is 2. The van der Waals surface area contributed by atoms with Crippen LogP contribution in [0.25, 0.3) is 0 Å². The molecular formula is C15H13N3O4S. The first-order valence-corrected chi connectivity index (χ1v) is 7.20. The Bertz CT molecular complexity index is 766. The van der Waals surface area contributed by atoms with E-state index in [0.717, 1.165) is 11.3 Å². The van der Waals surface area contributed by atoms with Gasteiger partial charge in [-0.1, -0.05) is 12.1 Å². The Hall–Kier alpha value is -2.87. The molecule has 23 heavy (non-hydrogen) atoms. The first-order valence-electron chi connectivity index (χ1n) is 6.79. The number of rotatable bonds is 4. The molecule has 7 nitrogen and oxygen atoms in total. The zero-order valence-corrected chi connectivity index (χ0v) is 12.8. The van der Waals surface area contributed by atoms with Crippen molar-refractivity contribution in [3.05, 3.63) is 58.1 Å². The Morgan fingerprint density at radius 3 is 2.87 bits per heavy atom. The van der Waals surface area contributed by atoms with Crippen LogP contribution >= 0.6 is 12.2 Å². The van der Waals surface area contributed by atoms with Crippen LogP contribution in [0.5, 0.6) is 11.5 Å². The molecule has 2 aromatic carbocycles. The maximum atomic E-state index is 10.7.